The van der Waals surface area contributed by atoms with Crippen molar-refractivity contribution in [3.63, 3.8) is 0 Å². The van der Waals surface area contributed by atoms with Crippen LogP contribution < -0.4 is 10.6 Å². The topological polar surface area (TPSA) is 50.4 Å². The average Bonchev–Trinajstić information content (AvgIpc) is 2.54. The van der Waals surface area contributed by atoms with Crippen LogP contribution in [0.15, 0.2) is 24.3 Å². The van der Waals surface area contributed by atoms with Crippen molar-refractivity contribution in [2.45, 2.75) is 25.4 Å². The zero-order valence-corrected chi connectivity index (χ0v) is 14.9. The van der Waals surface area contributed by atoms with E-state index in [1.165, 1.54) is 12.1 Å². The largest absolute Gasteiger partial charge is 0.416 e. The highest BCUT2D eigenvalue weighted by molar-refractivity contribution is 5.85. The minimum Gasteiger partial charge on any atom is -0.384 e. The summed E-state index contributed by atoms with van der Waals surface area (Å²) in [4.78, 5) is 12.1. The first-order valence-electron chi connectivity index (χ1n) is 7.97. The second-order valence-electron chi connectivity index (χ2n) is 6.33. The lowest BCUT2D eigenvalue weighted by Gasteiger charge is -2.37. The number of halogens is 4. The quantitative estimate of drug-likeness (QED) is 0.798. The smallest absolute Gasteiger partial charge is 0.384 e. The van der Waals surface area contributed by atoms with Crippen LogP contribution in [0.25, 0.3) is 0 Å². The molecule has 0 spiro atoms. The van der Waals surface area contributed by atoms with Crippen LogP contribution in [0.3, 0.4) is 0 Å². The van der Waals surface area contributed by atoms with Gasteiger partial charge in [-0.3, -0.25) is 4.79 Å². The van der Waals surface area contributed by atoms with Gasteiger partial charge in [-0.2, -0.15) is 13.2 Å². The number of carbonyl (C=O) groups is 1. The Bertz CT molecular complexity index is 538. The molecule has 1 saturated heterocycles. The first kappa shape index (κ1) is 21.7. The monoisotopic (exact) mass is 380 g/mol. The minimum atomic E-state index is -4.36. The van der Waals surface area contributed by atoms with Crippen LogP contribution in [0.5, 0.6) is 0 Å². The Hall–Kier alpha value is -1.31. The summed E-state index contributed by atoms with van der Waals surface area (Å²) in [6, 6.07) is 4.69. The number of hydrogen-bond donors (Lipinski definition) is 2. The van der Waals surface area contributed by atoms with Gasteiger partial charge < -0.3 is 15.4 Å². The maximum atomic E-state index is 12.5. The molecule has 0 bridgehead atoms. The van der Waals surface area contributed by atoms with Crippen molar-refractivity contribution in [2.75, 3.05) is 33.4 Å². The van der Waals surface area contributed by atoms with Crippen molar-refractivity contribution >= 4 is 18.3 Å². The summed E-state index contributed by atoms with van der Waals surface area (Å²) >= 11 is 0. The van der Waals surface area contributed by atoms with Crippen LogP contribution in [0.4, 0.5) is 13.2 Å². The number of methoxy groups -OCH3 is 1. The maximum absolute atomic E-state index is 12.5. The number of amides is 1. The molecule has 1 aromatic carbocycles. The molecule has 1 amide bonds. The molecular weight excluding hydrogens is 357 g/mol. The first-order chi connectivity index (χ1) is 11.3. The van der Waals surface area contributed by atoms with Crippen molar-refractivity contribution < 1.29 is 22.7 Å². The summed E-state index contributed by atoms with van der Waals surface area (Å²) in [5, 5.41) is 6.19. The summed E-state index contributed by atoms with van der Waals surface area (Å²) < 4.78 is 42.9. The SMILES string of the molecule is COCC1(CNC(=O)Cc2ccc(C(F)(F)F)cc2)CCNCC1.Cl. The third-order valence-electron chi connectivity index (χ3n) is 4.42. The van der Waals surface area contributed by atoms with E-state index in [-0.39, 0.29) is 30.2 Å². The first-order valence-corrected chi connectivity index (χ1v) is 7.97. The third kappa shape index (κ3) is 6.49. The van der Waals surface area contributed by atoms with Gasteiger partial charge in [-0.05, 0) is 43.6 Å². The van der Waals surface area contributed by atoms with Crippen molar-refractivity contribution in [1.29, 1.82) is 0 Å². The minimum absolute atomic E-state index is 0. The Morgan fingerprint density at radius 1 is 1.24 bits per heavy atom. The molecule has 0 aliphatic carbocycles. The van der Waals surface area contributed by atoms with E-state index in [0.29, 0.717) is 18.7 Å². The number of rotatable bonds is 6. The molecule has 1 aliphatic rings. The van der Waals surface area contributed by atoms with E-state index in [2.05, 4.69) is 10.6 Å². The molecule has 0 saturated carbocycles. The fraction of sp³-hybridized carbons (Fsp3) is 0.588. The molecule has 1 aromatic rings. The van der Waals surface area contributed by atoms with Gasteiger partial charge in [0, 0.05) is 19.1 Å². The second kappa shape index (κ2) is 9.40. The van der Waals surface area contributed by atoms with Gasteiger partial charge in [-0.1, -0.05) is 12.1 Å². The molecule has 0 aromatic heterocycles. The summed E-state index contributed by atoms with van der Waals surface area (Å²) in [6.07, 6.45) is -2.45. The molecule has 0 unspecified atom stereocenters. The number of alkyl halides is 3. The second-order valence-corrected chi connectivity index (χ2v) is 6.33. The van der Waals surface area contributed by atoms with Crippen LogP contribution in [0.1, 0.15) is 24.0 Å². The van der Waals surface area contributed by atoms with Gasteiger partial charge in [0.15, 0.2) is 0 Å². The number of hydrogen-bond acceptors (Lipinski definition) is 3. The lowest BCUT2D eigenvalue weighted by Crippen LogP contribution is -2.47. The Balaban J connectivity index is 0.00000312. The number of benzene rings is 1. The highest BCUT2D eigenvalue weighted by atomic mass is 35.5. The Labute approximate surface area is 151 Å². The average molecular weight is 381 g/mol. The van der Waals surface area contributed by atoms with Crippen molar-refractivity contribution in [1.82, 2.24) is 10.6 Å². The van der Waals surface area contributed by atoms with Crippen molar-refractivity contribution in [3.05, 3.63) is 35.4 Å². The molecule has 8 heteroatoms. The molecule has 1 heterocycles. The van der Waals surface area contributed by atoms with E-state index in [1.807, 2.05) is 0 Å². The number of piperidine rings is 1. The van der Waals surface area contributed by atoms with Crippen LogP contribution in [-0.4, -0.2) is 39.3 Å². The van der Waals surface area contributed by atoms with Gasteiger partial charge in [0.25, 0.3) is 0 Å². The van der Waals surface area contributed by atoms with Gasteiger partial charge in [-0.25, -0.2) is 0 Å². The van der Waals surface area contributed by atoms with Crippen LogP contribution in [0.2, 0.25) is 0 Å². The molecule has 25 heavy (non-hydrogen) atoms. The van der Waals surface area contributed by atoms with E-state index in [9.17, 15) is 18.0 Å². The van der Waals surface area contributed by atoms with Gasteiger partial charge in [0.2, 0.25) is 5.91 Å². The van der Waals surface area contributed by atoms with Crippen molar-refractivity contribution in [3.8, 4) is 0 Å². The van der Waals surface area contributed by atoms with Gasteiger partial charge in [0.1, 0.15) is 0 Å². The predicted molar refractivity (Wildman–Crippen MR) is 91.8 cm³/mol. The molecule has 1 aliphatic heterocycles. The van der Waals surface area contributed by atoms with Crippen LogP contribution >= 0.6 is 12.4 Å². The summed E-state index contributed by atoms with van der Waals surface area (Å²) in [5.74, 6) is -0.191. The third-order valence-corrected chi connectivity index (χ3v) is 4.42. The Morgan fingerprint density at radius 3 is 2.36 bits per heavy atom. The molecule has 1 fully saturated rings. The molecule has 142 valence electrons. The van der Waals surface area contributed by atoms with Gasteiger partial charge >= 0.3 is 6.18 Å². The van der Waals surface area contributed by atoms with Crippen LogP contribution in [0, 0.1) is 5.41 Å². The van der Waals surface area contributed by atoms with E-state index < -0.39 is 11.7 Å². The number of nitrogens with one attached hydrogen (secondary N) is 2. The van der Waals surface area contributed by atoms with E-state index in [0.717, 1.165) is 38.1 Å². The van der Waals surface area contributed by atoms with Crippen LogP contribution in [-0.2, 0) is 22.1 Å². The standard InChI is InChI=1S/C17H23F3N2O2.ClH/c1-24-12-16(6-8-21-9-7-16)11-22-15(23)10-13-2-4-14(5-3-13)17(18,19)20;/h2-5,21H,6-12H2,1H3,(H,22,23);1H. The van der Waals surface area contributed by atoms with Gasteiger partial charge in [-0.15, -0.1) is 12.4 Å². The lowest BCUT2D eigenvalue weighted by molar-refractivity contribution is -0.137. The molecule has 2 rings (SSSR count). The maximum Gasteiger partial charge on any atom is 0.416 e. The number of ether oxygens (including phenoxy) is 1. The van der Waals surface area contributed by atoms with Crippen molar-refractivity contribution in [2.24, 2.45) is 5.41 Å². The van der Waals surface area contributed by atoms with Gasteiger partial charge in [0.05, 0.1) is 18.6 Å². The highest BCUT2D eigenvalue weighted by Gasteiger charge is 2.32. The van der Waals surface area contributed by atoms with E-state index in [1.54, 1.807) is 7.11 Å². The predicted octanol–water partition coefficient (Wildman–Crippen LogP) is 2.80. The normalized spacial score (nSPS) is 16.8. The zero-order chi connectivity index (χ0) is 17.6. The highest BCUT2D eigenvalue weighted by Crippen LogP contribution is 2.29. The van der Waals surface area contributed by atoms with E-state index in [4.69, 9.17) is 4.74 Å². The molecular formula is C17H24ClF3N2O2. The lowest BCUT2D eigenvalue weighted by atomic mass is 9.79. The number of carbonyl (C=O) groups excluding carboxylic acids is 1. The fourth-order valence-corrected chi connectivity index (χ4v) is 2.98. The van der Waals surface area contributed by atoms with E-state index >= 15 is 0 Å². The Morgan fingerprint density at radius 2 is 1.84 bits per heavy atom. The fourth-order valence-electron chi connectivity index (χ4n) is 2.98. The summed E-state index contributed by atoms with van der Waals surface area (Å²) in [5.41, 5.74) is -0.220. The zero-order valence-electron chi connectivity index (χ0n) is 14.1. The summed E-state index contributed by atoms with van der Waals surface area (Å²) in [7, 11) is 1.65. The summed E-state index contributed by atoms with van der Waals surface area (Å²) in [6.45, 7) is 2.87. The molecule has 0 atom stereocenters. The molecule has 0 radical (unpaired) electrons. The molecule has 4 nitrogen and oxygen atoms in total. The Kier molecular flexibility index (Phi) is 8.18. The molecule has 2 N–H and O–H groups in total.